The molecule has 1 aromatic rings. The second-order valence-electron chi connectivity index (χ2n) is 18.4. The minimum atomic E-state index is -5.15. The summed E-state index contributed by atoms with van der Waals surface area (Å²) in [6, 6.07) is -1.53. The molecule has 0 aliphatic carbocycles. The molecule has 0 bridgehead atoms. The number of esters is 1. The second kappa shape index (κ2) is 28.0. The van der Waals surface area contributed by atoms with Gasteiger partial charge in [-0.2, -0.15) is 0 Å². The molecule has 0 aliphatic rings. The average Bonchev–Trinajstić information content (AvgIpc) is 3.20. The van der Waals surface area contributed by atoms with Gasteiger partial charge in [-0.25, -0.2) is 14.2 Å². The molecule has 1 aromatic carbocycles. The predicted octanol–water partition coefficient (Wildman–Crippen LogP) is 0.423. The van der Waals surface area contributed by atoms with E-state index in [0.717, 1.165) is 0 Å². The number of carboxylic acid groups (broad SMARTS) is 1. The number of rotatable bonds is 28. The Bertz CT molecular complexity index is 1940. The molecule has 12 N–H and O–H groups in total. The summed E-state index contributed by atoms with van der Waals surface area (Å²) in [5.74, 6) is -9.53. The van der Waals surface area contributed by atoms with Crippen LogP contribution in [0, 0.1) is 11.8 Å². The Balaban J connectivity index is 3.62. The Morgan fingerprint density at radius 1 is 0.706 bits per heavy atom. The summed E-state index contributed by atoms with van der Waals surface area (Å²) in [4.78, 5) is 129. The zero-order chi connectivity index (χ0) is 52.2. The summed E-state index contributed by atoms with van der Waals surface area (Å²) >= 11 is 0. The smallest absolute Gasteiger partial charge is 0.472 e. The number of alkyl carbamates (subject to hydrolysis) is 1. The number of carbonyl (C=O) groups excluding carboxylic acids is 8. The lowest BCUT2D eigenvalue weighted by Crippen LogP contribution is -2.61. The van der Waals surface area contributed by atoms with Gasteiger partial charge in [0.15, 0.2) is 0 Å². The van der Waals surface area contributed by atoms with Crippen molar-refractivity contribution in [3.8, 4) is 0 Å². The normalized spacial score (nSPS) is 15.6. The Morgan fingerprint density at radius 2 is 1.22 bits per heavy atom. The van der Waals surface area contributed by atoms with Crippen molar-refractivity contribution in [2.24, 2.45) is 23.3 Å². The van der Waals surface area contributed by atoms with Crippen LogP contribution in [0.25, 0.3) is 0 Å². The maximum atomic E-state index is 14.1. The van der Waals surface area contributed by atoms with Crippen molar-refractivity contribution in [3.05, 3.63) is 35.9 Å². The molecule has 0 saturated carbocycles. The molecule has 384 valence electrons. The van der Waals surface area contributed by atoms with Gasteiger partial charge in [-0.3, -0.25) is 42.6 Å². The van der Waals surface area contributed by atoms with Gasteiger partial charge in [-0.1, -0.05) is 64.4 Å². The van der Waals surface area contributed by atoms with Gasteiger partial charge in [-0.05, 0) is 65.4 Å². The highest BCUT2D eigenvalue weighted by molar-refractivity contribution is 7.47. The quantitative estimate of drug-likeness (QED) is 0.0309. The van der Waals surface area contributed by atoms with Crippen molar-refractivity contribution in [2.45, 2.75) is 149 Å². The van der Waals surface area contributed by atoms with Crippen LogP contribution in [-0.4, -0.2) is 131 Å². The topological polar surface area (TPSA) is 372 Å². The van der Waals surface area contributed by atoms with Crippen molar-refractivity contribution in [2.75, 3.05) is 19.8 Å². The molecule has 0 fully saturated rings. The Kier molecular flexibility index (Phi) is 24.8. The predicted molar refractivity (Wildman–Crippen MR) is 245 cm³/mol. The molecule has 0 saturated heterocycles. The molecular weight excluding hydrogens is 915 g/mol. The number of aliphatic carboxylic acids is 1. The van der Waals surface area contributed by atoms with Gasteiger partial charge in [-0.15, -0.1) is 0 Å². The number of phosphoric acid groups is 1. The van der Waals surface area contributed by atoms with E-state index in [1.807, 2.05) is 13.8 Å². The van der Waals surface area contributed by atoms with E-state index in [-0.39, 0.29) is 18.9 Å². The fourth-order valence-electron chi connectivity index (χ4n) is 5.90. The summed E-state index contributed by atoms with van der Waals surface area (Å²) in [5.41, 5.74) is 9.74. The first kappa shape index (κ1) is 60.3. The fourth-order valence-corrected chi connectivity index (χ4v) is 6.64. The highest BCUT2D eigenvalue weighted by Crippen LogP contribution is 2.43. The Labute approximate surface area is 396 Å². The van der Waals surface area contributed by atoms with Crippen LogP contribution in [0.2, 0.25) is 0 Å². The molecule has 0 spiro atoms. The van der Waals surface area contributed by atoms with Gasteiger partial charge in [0.25, 0.3) is 0 Å². The summed E-state index contributed by atoms with van der Waals surface area (Å²) in [6.45, 7) is 14.2. The number of primary amides is 1. The van der Waals surface area contributed by atoms with E-state index in [2.05, 4.69) is 31.9 Å². The van der Waals surface area contributed by atoms with Gasteiger partial charge < -0.3 is 62.8 Å². The Hall–Kier alpha value is -5.68. The maximum absolute atomic E-state index is 14.1. The summed E-state index contributed by atoms with van der Waals surface area (Å²) < 4.78 is 33.6. The lowest BCUT2D eigenvalue weighted by Gasteiger charge is -2.29. The van der Waals surface area contributed by atoms with Crippen molar-refractivity contribution >= 4 is 61.3 Å². The van der Waals surface area contributed by atoms with Crippen LogP contribution in [0.4, 0.5) is 4.79 Å². The number of benzene rings is 1. The van der Waals surface area contributed by atoms with Crippen LogP contribution < -0.4 is 43.4 Å². The number of hydrogen-bond donors (Lipinski definition) is 10. The fraction of sp³-hybridized carbons (Fsp3) is 0.651. The van der Waals surface area contributed by atoms with Crippen molar-refractivity contribution in [3.63, 3.8) is 0 Å². The average molecular weight is 987 g/mol. The first-order chi connectivity index (χ1) is 31.3. The first-order valence-electron chi connectivity index (χ1n) is 22.0. The molecule has 7 amide bonds. The van der Waals surface area contributed by atoms with E-state index in [0.29, 0.717) is 18.4 Å². The van der Waals surface area contributed by atoms with E-state index in [4.69, 9.17) is 30.0 Å². The first-order valence-corrected chi connectivity index (χ1v) is 23.5. The third-order valence-corrected chi connectivity index (χ3v) is 10.3. The SMILES string of the molecule is CC[C@H](C)[C@H](NC(=O)OC(C)(C)C)C(=O)N[C@@H](CC(N)=O)C(=O)N[C@@H](COP(=O)(O)OCCNC(=O)[C@@H](N)CC(C)C)C(=O)N[C@@H](CC(=O)OC(C)(C)C)C(=O)N[C@@H](Cc1ccccc1)C(=O)O. The van der Waals surface area contributed by atoms with Crippen molar-refractivity contribution < 1.29 is 76.2 Å². The number of phosphoric ester groups is 1. The number of hydrogen-bond acceptors (Lipinski definition) is 15. The lowest BCUT2D eigenvalue weighted by atomic mass is 9.98. The number of nitrogens with two attached hydrogens (primary N) is 2. The van der Waals surface area contributed by atoms with Gasteiger partial charge >= 0.3 is 25.9 Å². The van der Waals surface area contributed by atoms with E-state index in [9.17, 15) is 57.7 Å². The van der Waals surface area contributed by atoms with Crippen LogP contribution in [0.5, 0.6) is 0 Å². The third kappa shape index (κ3) is 24.9. The molecular formula is C43H71N8O16P. The number of ether oxygens (including phenoxy) is 2. The summed E-state index contributed by atoms with van der Waals surface area (Å²) in [7, 11) is -5.15. The lowest BCUT2D eigenvalue weighted by molar-refractivity contribution is -0.156. The summed E-state index contributed by atoms with van der Waals surface area (Å²) in [5, 5.41) is 23.9. The van der Waals surface area contributed by atoms with Gasteiger partial charge in [0.2, 0.25) is 35.4 Å². The van der Waals surface area contributed by atoms with Gasteiger partial charge in [0.05, 0.1) is 32.1 Å². The zero-order valence-corrected chi connectivity index (χ0v) is 41.3. The monoisotopic (exact) mass is 986 g/mol. The zero-order valence-electron chi connectivity index (χ0n) is 40.4. The van der Waals surface area contributed by atoms with Crippen LogP contribution >= 0.6 is 7.82 Å². The highest BCUT2D eigenvalue weighted by atomic mass is 31.2. The number of carboxylic acids is 1. The minimum Gasteiger partial charge on any atom is -0.480 e. The number of carbonyl (C=O) groups is 9. The Morgan fingerprint density at radius 3 is 1.74 bits per heavy atom. The molecule has 8 atom stereocenters. The molecule has 1 rings (SSSR count). The number of nitrogens with one attached hydrogen (secondary N) is 6. The molecule has 25 heteroatoms. The summed E-state index contributed by atoms with van der Waals surface area (Å²) in [6.07, 6.45) is -2.30. The molecule has 0 radical (unpaired) electrons. The van der Waals surface area contributed by atoms with Crippen molar-refractivity contribution in [1.29, 1.82) is 0 Å². The molecule has 0 heterocycles. The van der Waals surface area contributed by atoms with Crippen LogP contribution in [-0.2, 0) is 67.9 Å². The largest absolute Gasteiger partial charge is 0.480 e. The van der Waals surface area contributed by atoms with E-state index in [1.54, 1.807) is 65.0 Å². The number of amides is 7. The van der Waals surface area contributed by atoms with E-state index < -0.39 is 141 Å². The van der Waals surface area contributed by atoms with Crippen molar-refractivity contribution in [1.82, 2.24) is 31.9 Å². The standard InChI is InChI=1S/C43H71N8O16P/c1-11-25(4)34(51-41(61)67-43(8,9)10)39(58)48-28(21-32(45)52)36(55)50-31(23-65-68(62,63)64-18-17-46-35(54)27(44)19-24(2)3)38(57)47-29(22-33(53)66-42(5,6)7)37(56)49-30(40(59)60)20-26-15-13-12-14-16-26/h12-16,24-25,27-31,34H,11,17-23,44H2,1-10H3,(H2,45,52)(H,46,54)(H,47,57)(H,48,58)(H,49,56)(H,50,55)(H,51,61)(H,59,60)(H,62,63)/t25-,27-,28-,29-,30-,31-,34-/m0/s1. The van der Waals surface area contributed by atoms with Crippen LogP contribution in [0.3, 0.4) is 0 Å². The van der Waals surface area contributed by atoms with Gasteiger partial charge in [0, 0.05) is 13.0 Å². The molecule has 68 heavy (non-hydrogen) atoms. The molecule has 0 aromatic heterocycles. The van der Waals surface area contributed by atoms with E-state index >= 15 is 0 Å². The third-order valence-electron chi connectivity index (χ3n) is 9.28. The minimum absolute atomic E-state index is 0.0946. The molecule has 1 unspecified atom stereocenters. The van der Waals surface area contributed by atoms with Gasteiger partial charge in [0.1, 0.15) is 41.4 Å². The highest BCUT2D eigenvalue weighted by Gasteiger charge is 2.37. The van der Waals surface area contributed by atoms with Crippen LogP contribution in [0.1, 0.15) is 100 Å². The molecule has 0 aliphatic heterocycles. The molecule has 24 nitrogen and oxygen atoms in total. The van der Waals surface area contributed by atoms with E-state index in [1.165, 1.54) is 20.8 Å². The second-order valence-corrected chi connectivity index (χ2v) is 19.8. The maximum Gasteiger partial charge on any atom is 0.472 e. The van der Waals surface area contributed by atoms with Crippen LogP contribution in [0.15, 0.2) is 30.3 Å².